The highest BCUT2D eigenvalue weighted by Gasteiger charge is 2.07. The Morgan fingerprint density at radius 2 is 1.95 bits per heavy atom. The number of hydrogen-bond acceptors (Lipinski definition) is 3. The van der Waals surface area contributed by atoms with E-state index in [1.807, 2.05) is 24.3 Å². The molecule has 6 heteroatoms. The number of benzene rings is 1. The molecule has 0 saturated heterocycles. The van der Waals surface area contributed by atoms with Crippen molar-refractivity contribution in [1.82, 2.24) is 19.9 Å². The van der Waals surface area contributed by atoms with E-state index >= 15 is 0 Å². The highest BCUT2D eigenvalue weighted by molar-refractivity contribution is 5.93. The van der Waals surface area contributed by atoms with Crippen LogP contribution >= 0.6 is 0 Å². The van der Waals surface area contributed by atoms with Crippen molar-refractivity contribution in [2.24, 2.45) is 0 Å². The van der Waals surface area contributed by atoms with Gasteiger partial charge in [-0.2, -0.15) is 0 Å². The summed E-state index contributed by atoms with van der Waals surface area (Å²) in [6, 6.07) is 10.8. The number of rotatable bonds is 4. The van der Waals surface area contributed by atoms with E-state index in [4.69, 9.17) is 0 Å². The molecule has 0 aliphatic carbocycles. The lowest BCUT2D eigenvalue weighted by molar-refractivity contribution is 0.0952. The molecule has 2 heterocycles. The molecule has 1 amide bonds. The Bertz CT molecular complexity index is 820. The second-order valence-electron chi connectivity index (χ2n) is 4.59. The van der Waals surface area contributed by atoms with Crippen molar-refractivity contribution in [3.8, 4) is 0 Å². The third kappa shape index (κ3) is 2.69. The van der Waals surface area contributed by atoms with Crippen molar-refractivity contribution in [1.29, 1.82) is 0 Å². The first-order valence-electron chi connectivity index (χ1n) is 6.61. The van der Waals surface area contributed by atoms with Crippen molar-refractivity contribution >= 4 is 16.9 Å². The number of amides is 1. The summed E-state index contributed by atoms with van der Waals surface area (Å²) in [6.07, 6.45) is 3.14. The first-order valence-corrected chi connectivity index (χ1v) is 6.61. The highest BCUT2D eigenvalue weighted by atomic mass is 16.2. The molecule has 0 bridgehead atoms. The minimum Gasteiger partial charge on any atom is -0.350 e. The smallest absolute Gasteiger partial charge is 0.326 e. The lowest BCUT2D eigenvalue weighted by atomic mass is 10.2. The molecule has 0 spiro atoms. The summed E-state index contributed by atoms with van der Waals surface area (Å²) in [5.41, 5.74) is 2.01. The first-order chi connectivity index (χ1) is 10.3. The Balaban J connectivity index is 1.69. The zero-order chi connectivity index (χ0) is 14.7. The van der Waals surface area contributed by atoms with Gasteiger partial charge in [-0.05, 0) is 24.3 Å². The van der Waals surface area contributed by atoms with Crippen LogP contribution < -0.4 is 11.0 Å². The summed E-state index contributed by atoms with van der Waals surface area (Å²) >= 11 is 0. The largest absolute Gasteiger partial charge is 0.350 e. The third-order valence-corrected chi connectivity index (χ3v) is 3.25. The molecule has 2 aromatic heterocycles. The van der Waals surface area contributed by atoms with Gasteiger partial charge in [0, 0.05) is 31.0 Å². The Labute approximate surface area is 120 Å². The summed E-state index contributed by atoms with van der Waals surface area (Å²) < 4.78 is 1.61. The maximum absolute atomic E-state index is 11.9. The van der Waals surface area contributed by atoms with E-state index in [9.17, 15) is 9.59 Å². The predicted molar refractivity (Wildman–Crippen MR) is 79.1 cm³/mol. The molecule has 21 heavy (non-hydrogen) atoms. The Morgan fingerprint density at radius 1 is 1.19 bits per heavy atom. The number of H-pyrrole nitrogens is 1. The molecule has 6 nitrogen and oxygen atoms in total. The molecule has 0 atom stereocenters. The van der Waals surface area contributed by atoms with Crippen LogP contribution in [-0.4, -0.2) is 27.0 Å². The first kappa shape index (κ1) is 13.1. The molecule has 106 valence electrons. The number of pyridine rings is 1. The number of nitrogens with one attached hydrogen (secondary N) is 2. The Hall–Kier alpha value is -2.89. The van der Waals surface area contributed by atoms with Gasteiger partial charge < -0.3 is 10.3 Å². The third-order valence-electron chi connectivity index (χ3n) is 3.25. The zero-order valence-corrected chi connectivity index (χ0v) is 11.2. The van der Waals surface area contributed by atoms with Crippen molar-refractivity contribution in [3.05, 3.63) is 64.8 Å². The molecule has 0 saturated carbocycles. The van der Waals surface area contributed by atoms with E-state index in [1.54, 1.807) is 29.1 Å². The fourth-order valence-corrected chi connectivity index (χ4v) is 2.22. The molecule has 2 N–H and O–H groups in total. The SMILES string of the molecule is O=C(NCCn1c(=O)[nH]c2ccccc21)c1ccncc1. The summed E-state index contributed by atoms with van der Waals surface area (Å²) in [4.78, 5) is 30.4. The average molecular weight is 282 g/mol. The van der Waals surface area contributed by atoms with Crippen LogP contribution in [0.3, 0.4) is 0 Å². The maximum Gasteiger partial charge on any atom is 0.326 e. The van der Waals surface area contributed by atoms with Crippen LogP contribution in [0.1, 0.15) is 10.4 Å². The molecule has 0 fully saturated rings. The number of nitrogens with zero attached hydrogens (tertiary/aromatic N) is 2. The van der Waals surface area contributed by atoms with Crippen LogP contribution in [0.15, 0.2) is 53.6 Å². The minimum absolute atomic E-state index is 0.172. The summed E-state index contributed by atoms with van der Waals surface area (Å²) in [5.74, 6) is -0.176. The summed E-state index contributed by atoms with van der Waals surface area (Å²) in [6.45, 7) is 0.794. The van der Waals surface area contributed by atoms with Gasteiger partial charge in [0.2, 0.25) is 0 Å². The van der Waals surface area contributed by atoms with Crippen molar-refractivity contribution in [2.45, 2.75) is 6.54 Å². The molecule has 0 aliphatic heterocycles. The molecule has 1 aromatic carbocycles. The van der Waals surface area contributed by atoms with E-state index in [0.29, 0.717) is 18.7 Å². The number of fused-ring (bicyclic) bond motifs is 1. The van der Waals surface area contributed by atoms with E-state index in [-0.39, 0.29) is 11.6 Å². The van der Waals surface area contributed by atoms with Gasteiger partial charge >= 0.3 is 5.69 Å². The standard InChI is InChI=1S/C15H14N4O2/c20-14(11-5-7-16-8-6-11)17-9-10-19-13-4-2-1-3-12(13)18-15(19)21/h1-8H,9-10H2,(H,17,20)(H,18,21). The van der Waals surface area contributed by atoms with Crippen LogP contribution in [0.4, 0.5) is 0 Å². The lowest BCUT2D eigenvalue weighted by Gasteiger charge is -2.06. The fourth-order valence-electron chi connectivity index (χ4n) is 2.22. The summed E-state index contributed by atoms with van der Waals surface area (Å²) in [7, 11) is 0. The van der Waals surface area contributed by atoms with Gasteiger partial charge in [0.15, 0.2) is 0 Å². The second kappa shape index (κ2) is 5.62. The van der Waals surface area contributed by atoms with E-state index in [0.717, 1.165) is 11.0 Å². The number of carbonyl (C=O) groups excluding carboxylic acids is 1. The number of para-hydroxylation sites is 2. The van der Waals surface area contributed by atoms with Gasteiger partial charge in [-0.25, -0.2) is 4.79 Å². The van der Waals surface area contributed by atoms with Crippen molar-refractivity contribution in [2.75, 3.05) is 6.54 Å². The molecule has 0 aliphatic rings. The topological polar surface area (TPSA) is 79.8 Å². The molecule has 0 unspecified atom stereocenters. The highest BCUT2D eigenvalue weighted by Crippen LogP contribution is 2.08. The number of carbonyl (C=O) groups is 1. The van der Waals surface area contributed by atoms with Crippen molar-refractivity contribution < 1.29 is 4.79 Å². The van der Waals surface area contributed by atoms with E-state index < -0.39 is 0 Å². The van der Waals surface area contributed by atoms with Gasteiger partial charge in [0.05, 0.1) is 11.0 Å². The quantitative estimate of drug-likeness (QED) is 0.753. The number of aromatic nitrogens is 3. The van der Waals surface area contributed by atoms with Gasteiger partial charge in [0.1, 0.15) is 0 Å². The van der Waals surface area contributed by atoms with Gasteiger partial charge in [-0.3, -0.25) is 14.3 Å². The molecule has 3 aromatic rings. The molecule has 0 radical (unpaired) electrons. The fraction of sp³-hybridized carbons (Fsp3) is 0.133. The Kier molecular flexibility index (Phi) is 3.51. The van der Waals surface area contributed by atoms with Crippen LogP contribution in [-0.2, 0) is 6.54 Å². The van der Waals surface area contributed by atoms with Gasteiger partial charge in [-0.1, -0.05) is 12.1 Å². The normalized spacial score (nSPS) is 10.7. The predicted octanol–water partition coefficient (Wildman–Crippen LogP) is 1.15. The van der Waals surface area contributed by atoms with Gasteiger partial charge in [-0.15, -0.1) is 0 Å². The van der Waals surface area contributed by atoms with E-state index in [2.05, 4.69) is 15.3 Å². The number of aromatic amines is 1. The second-order valence-corrected chi connectivity index (χ2v) is 4.59. The van der Waals surface area contributed by atoms with Crippen LogP contribution in [0.25, 0.3) is 11.0 Å². The number of imidazole rings is 1. The molecule has 3 rings (SSSR count). The van der Waals surface area contributed by atoms with E-state index in [1.165, 1.54) is 0 Å². The Morgan fingerprint density at radius 3 is 2.76 bits per heavy atom. The van der Waals surface area contributed by atoms with Crippen molar-refractivity contribution in [3.63, 3.8) is 0 Å². The average Bonchev–Trinajstić information content (AvgIpc) is 2.84. The lowest BCUT2D eigenvalue weighted by Crippen LogP contribution is -2.30. The number of hydrogen-bond donors (Lipinski definition) is 2. The van der Waals surface area contributed by atoms with Crippen LogP contribution in [0.5, 0.6) is 0 Å². The van der Waals surface area contributed by atoms with Crippen LogP contribution in [0, 0.1) is 0 Å². The maximum atomic E-state index is 11.9. The molecular weight excluding hydrogens is 268 g/mol. The van der Waals surface area contributed by atoms with Crippen LogP contribution in [0.2, 0.25) is 0 Å². The monoisotopic (exact) mass is 282 g/mol. The zero-order valence-electron chi connectivity index (χ0n) is 11.2. The van der Waals surface area contributed by atoms with Gasteiger partial charge in [0.25, 0.3) is 5.91 Å². The summed E-state index contributed by atoms with van der Waals surface area (Å²) in [5, 5.41) is 2.79. The molecular formula is C15H14N4O2. The minimum atomic E-state index is -0.176.